The van der Waals surface area contributed by atoms with Gasteiger partial charge in [-0.2, -0.15) is 0 Å². The zero-order valence-corrected chi connectivity index (χ0v) is 16.7. The molecule has 160 valence electrons. The normalized spacial score (nSPS) is 22.3. The molecule has 2 aromatic rings. The summed E-state index contributed by atoms with van der Waals surface area (Å²) in [4.78, 5) is 21.7. The number of hydrogen-bond donors (Lipinski definition) is 1. The maximum absolute atomic E-state index is 13.8. The van der Waals surface area contributed by atoms with Crippen molar-refractivity contribution in [3.05, 3.63) is 89.3 Å². The molecule has 0 aromatic heterocycles. The summed E-state index contributed by atoms with van der Waals surface area (Å²) in [6.07, 6.45) is 4.00. The topological polar surface area (TPSA) is 73.9 Å². The summed E-state index contributed by atoms with van der Waals surface area (Å²) in [7, 11) is 0. The Morgan fingerprint density at radius 1 is 1.06 bits per heavy atom. The Morgan fingerprint density at radius 2 is 1.84 bits per heavy atom. The number of fused-ring (bicyclic) bond motifs is 2. The van der Waals surface area contributed by atoms with Gasteiger partial charge in [-0.1, -0.05) is 42.5 Å². The van der Waals surface area contributed by atoms with E-state index in [0.717, 1.165) is 16.7 Å². The van der Waals surface area contributed by atoms with Crippen LogP contribution in [-0.4, -0.2) is 43.9 Å². The van der Waals surface area contributed by atoms with Crippen molar-refractivity contribution in [3.63, 3.8) is 0 Å². The Balaban J connectivity index is 1.74. The highest BCUT2D eigenvalue weighted by Gasteiger charge is 2.53. The van der Waals surface area contributed by atoms with E-state index in [4.69, 9.17) is 14.2 Å². The van der Waals surface area contributed by atoms with Gasteiger partial charge in [0.25, 0.3) is 12.9 Å². The molecule has 0 saturated carbocycles. The monoisotopic (exact) mass is 423 g/mol. The van der Waals surface area contributed by atoms with Crippen LogP contribution < -0.4 is 5.32 Å². The molecule has 7 heteroatoms. The Labute approximate surface area is 179 Å². The van der Waals surface area contributed by atoms with Gasteiger partial charge in [0.2, 0.25) is 0 Å². The molecule has 3 atom stereocenters. The van der Waals surface area contributed by atoms with Gasteiger partial charge in [-0.05, 0) is 36.3 Å². The molecule has 0 spiro atoms. The summed E-state index contributed by atoms with van der Waals surface area (Å²) in [5.74, 6) is -0.353. The van der Waals surface area contributed by atoms with Crippen molar-refractivity contribution in [3.8, 4) is 0 Å². The second-order valence-electron chi connectivity index (χ2n) is 7.41. The average Bonchev–Trinajstić information content (AvgIpc) is 3.34. The van der Waals surface area contributed by atoms with Crippen molar-refractivity contribution in [2.75, 3.05) is 18.5 Å². The van der Waals surface area contributed by atoms with Crippen LogP contribution in [0.2, 0.25) is 0 Å². The number of hydrogen-bond acceptors (Lipinski definition) is 6. The molecule has 31 heavy (non-hydrogen) atoms. The number of carbonyl (C=O) groups excluding carboxylic acids is 2. The van der Waals surface area contributed by atoms with Gasteiger partial charge >= 0.3 is 0 Å². The van der Waals surface area contributed by atoms with E-state index in [9.17, 15) is 14.0 Å². The van der Waals surface area contributed by atoms with Gasteiger partial charge in [-0.25, -0.2) is 4.39 Å². The van der Waals surface area contributed by atoms with Gasteiger partial charge < -0.3 is 19.5 Å². The molecule has 0 amide bonds. The SMILES string of the molecule is O=COCC1=C(COC=O)C2(C(Cc3ccccc3)Nc3cccc(F)c3)C=CC1O2. The fourth-order valence-electron chi connectivity index (χ4n) is 4.26. The number of benzene rings is 2. The second-order valence-corrected chi connectivity index (χ2v) is 7.41. The minimum atomic E-state index is -0.947. The van der Waals surface area contributed by atoms with Gasteiger partial charge in [0, 0.05) is 16.8 Å². The molecule has 1 N–H and O–H groups in total. The first kappa shape index (κ1) is 20.8. The van der Waals surface area contributed by atoms with Crippen molar-refractivity contribution in [2.24, 2.45) is 0 Å². The largest absolute Gasteiger partial charge is 0.463 e. The summed E-state index contributed by atoms with van der Waals surface area (Å²) in [6, 6.07) is 15.7. The van der Waals surface area contributed by atoms with Crippen LogP contribution in [0.25, 0.3) is 0 Å². The van der Waals surface area contributed by atoms with E-state index in [2.05, 4.69) is 5.32 Å². The van der Waals surface area contributed by atoms with E-state index >= 15 is 0 Å². The lowest BCUT2D eigenvalue weighted by Crippen LogP contribution is -2.48. The molecule has 6 nitrogen and oxygen atoms in total. The van der Waals surface area contributed by atoms with Crippen molar-refractivity contribution in [1.82, 2.24) is 0 Å². The highest BCUT2D eigenvalue weighted by atomic mass is 19.1. The fourth-order valence-corrected chi connectivity index (χ4v) is 4.26. The summed E-state index contributed by atoms with van der Waals surface area (Å²) in [5.41, 5.74) is 2.18. The van der Waals surface area contributed by atoms with Crippen LogP contribution in [0.3, 0.4) is 0 Å². The molecule has 0 radical (unpaired) electrons. The molecule has 2 bridgehead atoms. The van der Waals surface area contributed by atoms with E-state index < -0.39 is 11.7 Å². The van der Waals surface area contributed by atoms with Gasteiger partial charge in [0.05, 0.1) is 6.04 Å². The lowest BCUT2D eigenvalue weighted by Gasteiger charge is -2.37. The summed E-state index contributed by atoms with van der Waals surface area (Å²) in [5, 5.41) is 3.41. The molecule has 4 rings (SSSR count). The van der Waals surface area contributed by atoms with Crippen molar-refractivity contribution in [1.29, 1.82) is 0 Å². The summed E-state index contributed by atoms with van der Waals surface area (Å²) in [6.45, 7) is 0.786. The molecule has 2 aromatic carbocycles. The quantitative estimate of drug-likeness (QED) is 0.442. The van der Waals surface area contributed by atoms with Gasteiger partial charge in [-0.15, -0.1) is 0 Å². The number of ether oxygens (including phenoxy) is 3. The highest BCUT2D eigenvalue weighted by Crippen LogP contribution is 2.46. The molecule has 2 heterocycles. The maximum Gasteiger partial charge on any atom is 0.293 e. The second kappa shape index (κ2) is 9.14. The molecule has 0 aliphatic carbocycles. The summed E-state index contributed by atoms with van der Waals surface area (Å²) >= 11 is 0. The standard InChI is InChI=1S/C24H22FNO5/c25-18-7-4-8-19(12-18)26-23(11-17-5-2-1-3-6-17)24-10-9-22(31-24)20(13-29-15-27)21(24)14-30-16-28/h1-10,12,15-16,22-23,26H,11,13-14H2. The third-order valence-corrected chi connectivity index (χ3v) is 5.61. The third-order valence-electron chi connectivity index (χ3n) is 5.61. The Hall–Kier alpha value is -3.45. The van der Waals surface area contributed by atoms with Crippen molar-refractivity contribution in [2.45, 2.75) is 24.2 Å². The molecule has 0 saturated heterocycles. The minimum Gasteiger partial charge on any atom is -0.463 e. The van der Waals surface area contributed by atoms with E-state index in [1.807, 2.05) is 42.5 Å². The lowest BCUT2D eigenvalue weighted by molar-refractivity contribution is -0.129. The number of rotatable bonds is 11. The number of carbonyl (C=O) groups is 2. The number of halogens is 1. The van der Waals surface area contributed by atoms with Crippen LogP contribution in [0.1, 0.15) is 5.56 Å². The zero-order chi connectivity index (χ0) is 21.7. The lowest BCUT2D eigenvalue weighted by atomic mass is 9.79. The number of nitrogens with one attached hydrogen (secondary N) is 1. The predicted molar refractivity (Wildman–Crippen MR) is 112 cm³/mol. The van der Waals surface area contributed by atoms with Crippen LogP contribution in [0, 0.1) is 5.82 Å². The Morgan fingerprint density at radius 3 is 2.58 bits per heavy atom. The molecular formula is C24H22FNO5. The number of anilines is 1. The van der Waals surface area contributed by atoms with Gasteiger partial charge in [-0.3, -0.25) is 9.59 Å². The van der Waals surface area contributed by atoms with Crippen LogP contribution >= 0.6 is 0 Å². The van der Waals surface area contributed by atoms with Crippen LogP contribution in [0.4, 0.5) is 10.1 Å². The highest BCUT2D eigenvalue weighted by molar-refractivity contribution is 5.54. The van der Waals surface area contributed by atoms with Crippen LogP contribution in [-0.2, 0) is 30.2 Å². The van der Waals surface area contributed by atoms with E-state index in [0.29, 0.717) is 25.1 Å². The molecule has 2 aliphatic rings. The minimum absolute atomic E-state index is 0.00197. The molecular weight excluding hydrogens is 401 g/mol. The third kappa shape index (κ3) is 4.22. The van der Waals surface area contributed by atoms with Gasteiger partial charge in [0.15, 0.2) is 0 Å². The van der Waals surface area contributed by atoms with E-state index in [1.54, 1.807) is 12.1 Å². The first-order valence-electron chi connectivity index (χ1n) is 9.92. The van der Waals surface area contributed by atoms with E-state index in [1.165, 1.54) is 12.1 Å². The Kier molecular flexibility index (Phi) is 6.13. The van der Waals surface area contributed by atoms with Crippen molar-refractivity contribution >= 4 is 18.6 Å². The predicted octanol–water partition coefficient (Wildman–Crippen LogP) is 3.20. The van der Waals surface area contributed by atoms with Crippen molar-refractivity contribution < 1.29 is 28.2 Å². The maximum atomic E-state index is 13.8. The van der Waals surface area contributed by atoms with Crippen LogP contribution in [0.15, 0.2) is 77.9 Å². The fraction of sp³-hybridized carbons (Fsp3) is 0.250. The zero-order valence-electron chi connectivity index (χ0n) is 16.7. The first-order valence-corrected chi connectivity index (χ1v) is 9.92. The van der Waals surface area contributed by atoms with Crippen LogP contribution in [0.5, 0.6) is 0 Å². The smallest absolute Gasteiger partial charge is 0.293 e. The molecule has 3 unspecified atom stereocenters. The van der Waals surface area contributed by atoms with Gasteiger partial charge in [0.1, 0.15) is 30.7 Å². The Bertz CT molecular complexity index is 1010. The molecule has 0 fully saturated rings. The summed E-state index contributed by atoms with van der Waals surface area (Å²) < 4.78 is 30.3. The first-order chi connectivity index (χ1) is 15.2. The molecule has 2 aliphatic heterocycles. The van der Waals surface area contributed by atoms with E-state index in [-0.39, 0.29) is 25.1 Å². The average molecular weight is 423 g/mol.